The van der Waals surface area contributed by atoms with Gasteiger partial charge in [-0.15, -0.1) is 0 Å². The zero-order valence-electron chi connectivity index (χ0n) is 18.4. The number of carbonyl (C=O) groups excluding carboxylic acids is 3. The fourth-order valence-corrected chi connectivity index (χ4v) is 2.70. The van der Waals surface area contributed by atoms with Crippen LogP contribution >= 0.6 is 0 Å². The van der Waals surface area contributed by atoms with Crippen LogP contribution in [0.15, 0.2) is 24.3 Å². The third-order valence-corrected chi connectivity index (χ3v) is 5.11. The molecule has 0 bridgehead atoms. The van der Waals surface area contributed by atoms with Gasteiger partial charge in [-0.2, -0.15) is 0 Å². The number of nitrogens with one attached hydrogen (secondary N) is 3. The van der Waals surface area contributed by atoms with E-state index in [1.807, 2.05) is 6.92 Å². The van der Waals surface area contributed by atoms with Gasteiger partial charge in [0.2, 0.25) is 17.7 Å². The Bertz CT molecular complexity index is 800. The normalized spacial score (nSPS) is 15.5. The fourth-order valence-electron chi connectivity index (χ4n) is 2.70. The van der Waals surface area contributed by atoms with Crippen molar-refractivity contribution < 1.29 is 34.5 Å². The summed E-state index contributed by atoms with van der Waals surface area (Å²) in [6.45, 7) is 4.18. The van der Waals surface area contributed by atoms with Crippen molar-refractivity contribution in [3.05, 3.63) is 29.8 Å². The Balaban J connectivity index is 2.98. The average Bonchev–Trinajstić information content (AvgIpc) is 2.76. The highest BCUT2D eigenvalue weighted by molar-refractivity contribution is 5.94. The van der Waals surface area contributed by atoms with Gasteiger partial charge in [-0.05, 0) is 30.5 Å². The number of rotatable bonds is 12. The van der Waals surface area contributed by atoms with Crippen molar-refractivity contribution in [1.82, 2.24) is 16.0 Å². The molecule has 1 aromatic carbocycles. The highest BCUT2D eigenvalue weighted by Crippen LogP contribution is 2.12. The maximum atomic E-state index is 12.7. The van der Waals surface area contributed by atoms with E-state index in [0.717, 1.165) is 0 Å². The van der Waals surface area contributed by atoms with Gasteiger partial charge in [0.25, 0.3) is 0 Å². The number of carboxylic acids is 1. The highest BCUT2D eigenvalue weighted by atomic mass is 16.4. The molecule has 0 aliphatic heterocycles. The van der Waals surface area contributed by atoms with Crippen molar-refractivity contribution in [2.24, 2.45) is 11.7 Å². The van der Waals surface area contributed by atoms with Crippen LogP contribution in [-0.2, 0) is 25.6 Å². The zero-order chi connectivity index (χ0) is 24.4. The third-order valence-electron chi connectivity index (χ3n) is 5.11. The summed E-state index contributed by atoms with van der Waals surface area (Å²) < 4.78 is 0. The summed E-state index contributed by atoms with van der Waals surface area (Å²) in [5.74, 6) is -3.61. The topological polar surface area (TPSA) is 191 Å². The summed E-state index contributed by atoms with van der Waals surface area (Å²) in [7, 11) is 0. The fraction of sp³-hybridized carbons (Fsp3) is 0.524. The lowest BCUT2D eigenvalue weighted by Gasteiger charge is -2.25. The lowest BCUT2D eigenvalue weighted by Crippen LogP contribution is -2.58. The maximum absolute atomic E-state index is 12.7. The lowest BCUT2D eigenvalue weighted by molar-refractivity contribution is -0.141. The van der Waals surface area contributed by atoms with Crippen LogP contribution in [0, 0.1) is 5.92 Å². The second kappa shape index (κ2) is 12.6. The van der Waals surface area contributed by atoms with Crippen LogP contribution < -0.4 is 21.7 Å². The number of phenols is 1. The summed E-state index contributed by atoms with van der Waals surface area (Å²) in [6.07, 6.45) is 0.615. The summed E-state index contributed by atoms with van der Waals surface area (Å²) in [5, 5.41) is 35.1. The first-order chi connectivity index (χ1) is 15.0. The Morgan fingerprint density at radius 2 is 1.47 bits per heavy atom. The molecule has 0 radical (unpaired) electrons. The largest absolute Gasteiger partial charge is 0.508 e. The minimum atomic E-state index is -1.36. The number of carboxylic acid groups (broad SMARTS) is 1. The van der Waals surface area contributed by atoms with E-state index in [1.165, 1.54) is 19.1 Å². The quantitative estimate of drug-likeness (QED) is 0.207. The van der Waals surface area contributed by atoms with E-state index in [4.69, 9.17) is 10.8 Å². The maximum Gasteiger partial charge on any atom is 0.325 e. The molecule has 0 aliphatic carbocycles. The first kappa shape index (κ1) is 26.9. The van der Waals surface area contributed by atoms with Crippen LogP contribution in [0.1, 0.15) is 32.8 Å². The predicted octanol–water partition coefficient (Wildman–Crippen LogP) is -1.14. The highest BCUT2D eigenvalue weighted by Gasteiger charge is 2.30. The van der Waals surface area contributed by atoms with Gasteiger partial charge >= 0.3 is 5.97 Å². The number of benzene rings is 1. The third kappa shape index (κ3) is 8.16. The van der Waals surface area contributed by atoms with Gasteiger partial charge in [-0.3, -0.25) is 19.2 Å². The van der Waals surface area contributed by atoms with Gasteiger partial charge in [-0.1, -0.05) is 32.4 Å². The molecule has 5 unspecified atom stereocenters. The molecular weight excluding hydrogens is 420 g/mol. The number of aromatic hydroxyl groups is 1. The Labute approximate surface area is 186 Å². The van der Waals surface area contributed by atoms with Gasteiger partial charge in [0, 0.05) is 6.42 Å². The summed E-state index contributed by atoms with van der Waals surface area (Å²) >= 11 is 0. The number of aliphatic hydroxyl groups excluding tert-OH is 1. The molecule has 1 aromatic rings. The van der Waals surface area contributed by atoms with Gasteiger partial charge < -0.3 is 37.0 Å². The van der Waals surface area contributed by atoms with Crippen molar-refractivity contribution in [3.8, 4) is 5.75 Å². The molecule has 11 nitrogen and oxygen atoms in total. The van der Waals surface area contributed by atoms with E-state index in [0.29, 0.717) is 12.0 Å². The zero-order valence-corrected chi connectivity index (χ0v) is 18.4. The second-order valence-electron chi connectivity index (χ2n) is 7.66. The Hall–Kier alpha value is -3.18. The van der Waals surface area contributed by atoms with E-state index >= 15 is 0 Å². The minimum absolute atomic E-state index is 0.0130. The van der Waals surface area contributed by atoms with Crippen LogP contribution in [0.3, 0.4) is 0 Å². The SMILES string of the molecule is CCC(C)C(N)C(=O)NC(CO)C(=O)NC(Cc1ccc(O)cc1)C(=O)NC(C)C(=O)O. The summed E-state index contributed by atoms with van der Waals surface area (Å²) in [6, 6.07) is 1.24. The molecule has 5 atom stereocenters. The van der Waals surface area contributed by atoms with E-state index in [9.17, 15) is 29.4 Å². The number of nitrogens with two attached hydrogens (primary N) is 1. The van der Waals surface area contributed by atoms with Crippen LogP contribution in [-0.4, -0.2) is 69.8 Å². The number of aliphatic carboxylic acids is 1. The first-order valence-corrected chi connectivity index (χ1v) is 10.3. The predicted molar refractivity (Wildman–Crippen MR) is 115 cm³/mol. The molecule has 1 rings (SSSR count). The van der Waals surface area contributed by atoms with E-state index in [-0.39, 0.29) is 18.1 Å². The molecular formula is C21H32N4O7. The smallest absolute Gasteiger partial charge is 0.325 e. The van der Waals surface area contributed by atoms with Crippen LogP contribution in [0.5, 0.6) is 5.75 Å². The molecule has 32 heavy (non-hydrogen) atoms. The number of amides is 3. The summed E-state index contributed by atoms with van der Waals surface area (Å²) in [4.78, 5) is 48.7. The number of aliphatic hydroxyl groups is 1. The first-order valence-electron chi connectivity index (χ1n) is 10.3. The molecule has 11 heteroatoms. The number of phenolic OH excluding ortho intramolecular Hbond substituents is 1. The second-order valence-corrected chi connectivity index (χ2v) is 7.66. The van der Waals surface area contributed by atoms with Crippen LogP contribution in [0.2, 0.25) is 0 Å². The molecule has 178 valence electrons. The van der Waals surface area contributed by atoms with Crippen LogP contribution in [0.4, 0.5) is 0 Å². The number of hydrogen-bond donors (Lipinski definition) is 7. The average molecular weight is 453 g/mol. The molecule has 0 saturated carbocycles. The van der Waals surface area contributed by atoms with Crippen molar-refractivity contribution in [1.29, 1.82) is 0 Å². The van der Waals surface area contributed by atoms with Gasteiger partial charge in [-0.25, -0.2) is 0 Å². The molecule has 0 fully saturated rings. The van der Waals surface area contributed by atoms with Gasteiger partial charge in [0.05, 0.1) is 12.6 Å². The Morgan fingerprint density at radius 1 is 0.938 bits per heavy atom. The monoisotopic (exact) mass is 452 g/mol. The van der Waals surface area contributed by atoms with Gasteiger partial charge in [0.15, 0.2) is 0 Å². The van der Waals surface area contributed by atoms with Crippen molar-refractivity contribution in [3.63, 3.8) is 0 Å². The van der Waals surface area contributed by atoms with E-state index in [2.05, 4.69) is 16.0 Å². The molecule has 0 heterocycles. The molecule has 3 amide bonds. The summed E-state index contributed by atoms with van der Waals surface area (Å²) in [5.41, 5.74) is 6.43. The Kier molecular flexibility index (Phi) is 10.6. The molecule has 0 aromatic heterocycles. The standard InChI is InChI=1S/C21H32N4O7/c1-4-11(2)17(22)20(30)25-16(10-26)19(29)24-15(18(28)23-12(3)21(31)32)9-13-5-7-14(27)8-6-13/h5-8,11-12,15-17,26-27H,4,9-10,22H2,1-3H3,(H,23,28)(H,24,29)(H,25,30)(H,31,32). The lowest BCUT2D eigenvalue weighted by atomic mass is 9.99. The molecule has 0 saturated heterocycles. The molecule has 0 spiro atoms. The molecule has 8 N–H and O–H groups in total. The number of carbonyl (C=O) groups is 4. The van der Waals surface area contributed by atoms with E-state index < -0.39 is 54.5 Å². The van der Waals surface area contributed by atoms with Crippen LogP contribution in [0.25, 0.3) is 0 Å². The van der Waals surface area contributed by atoms with E-state index in [1.54, 1.807) is 19.1 Å². The Morgan fingerprint density at radius 3 is 1.97 bits per heavy atom. The number of hydrogen-bond acceptors (Lipinski definition) is 7. The van der Waals surface area contributed by atoms with Crippen molar-refractivity contribution >= 4 is 23.7 Å². The van der Waals surface area contributed by atoms with Crippen molar-refractivity contribution in [2.45, 2.75) is 57.8 Å². The minimum Gasteiger partial charge on any atom is -0.508 e. The van der Waals surface area contributed by atoms with Crippen molar-refractivity contribution in [2.75, 3.05) is 6.61 Å². The van der Waals surface area contributed by atoms with Gasteiger partial charge in [0.1, 0.15) is 23.9 Å². The molecule has 0 aliphatic rings.